The molecule has 0 unspecified atom stereocenters. The van der Waals surface area contributed by atoms with E-state index in [0.29, 0.717) is 17.2 Å². The average Bonchev–Trinajstić information content (AvgIpc) is 3.39. The number of carbonyl (C=O) groups is 1. The van der Waals surface area contributed by atoms with E-state index in [9.17, 15) is 18.0 Å². The van der Waals surface area contributed by atoms with Crippen LogP contribution in [0.15, 0.2) is 55.0 Å². The molecule has 7 nitrogen and oxygen atoms in total. The number of rotatable bonds is 5. The molecule has 10 heteroatoms. The molecule has 0 fully saturated rings. The van der Waals surface area contributed by atoms with Gasteiger partial charge in [-0.3, -0.25) is 14.7 Å². The van der Waals surface area contributed by atoms with Crippen LogP contribution in [0.2, 0.25) is 0 Å². The fourth-order valence-corrected chi connectivity index (χ4v) is 4.31. The number of aromatic nitrogens is 5. The van der Waals surface area contributed by atoms with E-state index in [1.165, 1.54) is 11.6 Å². The van der Waals surface area contributed by atoms with Crippen molar-refractivity contribution in [2.75, 3.05) is 4.90 Å². The molecule has 0 N–H and O–H groups in total. The Kier molecular flexibility index (Phi) is 5.82. The van der Waals surface area contributed by atoms with Gasteiger partial charge in [-0.25, -0.2) is 15.0 Å². The van der Waals surface area contributed by atoms with Crippen LogP contribution in [-0.4, -0.2) is 30.4 Å². The zero-order chi connectivity index (χ0) is 25.6. The Labute approximate surface area is 205 Å². The molecule has 5 rings (SSSR count). The standard InChI is InChI=1S/C26H23F3N6O/c1-15(2)22-19(5-4-10-30-22)23-31-12-18-11-21(36)35(25(18)33-23)13-16-6-8-17(9-7-16)24-32-20(14-34(24)3)26(27,28)29/h4-10,12,14-15H,11,13H2,1-3H3. The highest BCUT2D eigenvalue weighted by molar-refractivity contribution is 6.00. The molecule has 4 aromatic rings. The predicted octanol–water partition coefficient (Wildman–Crippen LogP) is 5.17. The summed E-state index contributed by atoms with van der Waals surface area (Å²) in [5.74, 6) is 1.38. The summed E-state index contributed by atoms with van der Waals surface area (Å²) in [6, 6.07) is 10.7. The van der Waals surface area contributed by atoms with Crippen LogP contribution < -0.4 is 4.90 Å². The van der Waals surface area contributed by atoms with Crippen molar-refractivity contribution in [1.29, 1.82) is 0 Å². The number of anilines is 1. The lowest BCUT2D eigenvalue weighted by Gasteiger charge is -2.18. The van der Waals surface area contributed by atoms with Gasteiger partial charge in [0.2, 0.25) is 5.91 Å². The predicted molar refractivity (Wildman–Crippen MR) is 128 cm³/mol. The number of halogens is 3. The monoisotopic (exact) mass is 492 g/mol. The number of fused-ring (bicyclic) bond motifs is 1. The Morgan fingerprint density at radius 3 is 2.47 bits per heavy atom. The van der Waals surface area contributed by atoms with Gasteiger partial charge in [0.05, 0.1) is 18.7 Å². The Morgan fingerprint density at radius 2 is 1.81 bits per heavy atom. The maximum atomic E-state index is 13.0. The molecule has 1 aromatic carbocycles. The molecule has 0 saturated heterocycles. The molecular weight excluding hydrogens is 469 g/mol. The van der Waals surface area contributed by atoms with Crippen LogP contribution in [0, 0.1) is 0 Å². The minimum absolute atomic E-state index is 0.0882. The zero-order valence-electron chi connectivity index (χ0n) is 19.9. The number of hydrogen-bond acceptors (Lipinski definition) is 5. The maximum Gasteiger partial charge on any atom is 0.434 e. The number of aryl methyl sites for hydroxylation is 1. The fraction of sp³-hybridized carbons (Fsp3) is 0.269. The van der Waals surface area contributed by atoms with Gasteiger partial charge in [-0.05, 0) is 23.6 Å². The summed E-state index contributed by atoms with van der Waals surface area (Å²) in [7, 11) is 1.52. The van der Waals surface area contributed by atoms with Gasteiger partial charge in [0.1, 0.15) is 11.6 Å². The highest BCUT2D eigenvalue weighted by Crippen LogP contribution is 2.33. The van der Waals surface area contributed by atoms with Gasteiger partial charge in [0.25, 0.3) is 0 Å². The number of carbonyl (C=O) groups excluding carboxylic acids is 1. The highest BCUT2D eigenvalue weighted by Gasteiger charge is 2.34. The topological polar surface area (TPSA) is 76.8 Å². The summed E-state index contributed by atoms with van der Waals surface area (Å²) >= 11 is 0. The van der Waals surface area contributed by atoms with Crippen molar-refractivity contribution >= 4 is 11.7 Å². The van der Waals surface area contributed by atoms with Gasteiger partial charge in [0.15, 0.2) is 11.5 Å². The number of imidazole rings is 1. The zero-order valence-corrected chi connectivity index (χ0v) is 19.9. The van der Waals surface area contributed by atoms with E-state index in [0.717, 1.165) is 28.6 Å². The molecule has 0 aliphatic carbocycles. The third-order valence-corrected chi connectivity index (χ3v) is 6.09. The van der Waals surface area contributed by atoms with Crippen molar-refractivity contribution in [3.05, 3.63) is 77.5 Å². The molecule has 3 aromatic heterocycles. The first-order valence-corrected chi connectivity index (χ1v) is 11.4. The number of hydrogen-bond donors (Lipinski definition) is 0. The van der Waals surface area contributed by atoms with E-state index in [-0.39, 0.29) is 30.6 Å². The molecule has 1 amide bonds. The Morgan fingerprint density at radius 1 is 1.06 bits per heavy atom. The van der Waals surface area contributed by atoms with E-state index in [4.69, 9.17) is 4.98 Å². The number of alkyl halides is 3. The molecule has 184 valence electrons. The second-order valence-corrected chi connectivity index (χ2v) is 9.05. The van der Waals surface area contributed by atoms with E-state index >= 15 is 0 Å². The van der Waals surface area contributed by atoms with E-state index in [1.54, 1.807) is 41.6 Å². The van der Waals surface area contributed by atoms with E-state index < -0.39 is 11.9 Å². The second kappa shape index (κ2) is 8.85. The van der Waals surface area contributed by atoms with Crippen molar-refractivity contribution < 1.29 is 18.0 Å². The van der Waals surface area contributed by atoms with Crippen molar-refractivity contribution in [2.24, 2.45) is 7.05 Å². The van der Waals surface area contributed by atoms with Crippen LogP contribution >= 0.6 is 0 Å². The molecule has 0 spiro atoms. The van der Waals surface area contributed by atoms with Gasteiger partial charge < -0.3 is 4.57 Å². The quantitative estimate of drug-likeness (QED) is 0.384. The van der Waals surface area contributed by atoms with Crippen LogP contribution in [0.5, 0.6) is 0 Å². The Hall–Kier alpha value is -4.08. The smallest absolute Gasteiger partial charge is 0.333 e. The van der Waals surface area contributed by atoms with E-state index in [2.05, 4.69) is 15.0 Å². The lowest BCUT2D eigenvalue weighted by atomic mass is 10.0. The summed E-state index contributed by atoms with van der Waals surface area (Å²) in [6.07, 6.45) is 0.0974. The van der Waals surface area contributed by atoms with Crippen molar-refractivity contribution in [3.8, 4) is 22.8 Å². The average molecular weight is 493 g/mol. The normalized spacial score (nSPS) is 13.5. The van der Waals surface area contributed by atoms with Crippen LogP contribution in [0.25, 0.3) is 22.8 Å². The van der Waals surface area contributed by atoms with Crippen LogP contribution in [-0.2, 0) is 31.0 Å². The van der Waals surface area contributed by atoms with Gasteiger partial charge >= 0.3 is 6.18 Å². The minimum atomic E-state index is -4.51. The van der Waals surface area contributed by atoms with Crippen LogP contribution in [0.1, 0.15) is 42.3 Å². The Bertz CT molecular complexity index is 1440. The maximum absolute atomic E-state index is 13.0. The first kappa shape index (κ1) is 23.7. The summed E-state index contributed by atoms with van der Waals surface area (Å²) in [5.41, 5.74) is 2.89. The summed E-state index contributed by atoms with van der Waals surface area (Å²) in [5, 5.41) is 0. The Balaban J connectivity index is 1.42. The highest BCUT2D eigenvalue weighted by atomic mass is 19.4. The molecule has 0 bridgehead atoms. The molecule has 0 saturated carbocycles. The first-order valence-electron chi connectivity index (χ1n) is 11.4. The van der Waals surface area contributed by atoms with Crippen molar-refractivity contribution in [1.82, 2.24) is 24.5 Å². The molecule has 0 radical (unpaired) electrons. The SMILES string of the molecule is CC(C)c1ncccc1-c1ncc2c(n1)N(Cc1ccc(-c3nc(C(F)(F)F)cn3C)cc1)C(=O)C2. The number of benzene rings is 1. The number of amides is 1. The fourth-order valence-electron chi connectivity index (χ4n) is 4.31. The number of nitrogens with zero attached hydrogens (tertiary/aromatic N) is 6. The van der Waals surface area contributed by atoms with Gasteiger partial charge in [-0.15, -0.1) is 0 Å². The number of pyridine rings is 1. The van der Waals surface area contributed by atoms with Crippen LogP contribution in [0.3, 0.4) is 0 Å². The first-order chi connectivity index (χ1) is 17.1. The lowest BCUT2D eigenvalue weighted by molar-refractivity contribution is -0.140. The van der Waals surface area contributed by atoms with Crippen LogP contribution in [0.4, 0.5) is 19.0 Å². The van der Waals surface area contributed by atoms with E-state index in [1.807, 2.05) is 26.0 Å². The summed E-state index contributed by atoms with van der Waals surface area (Å²) < 4.78 is 40.4. The molecule has 36 heavy (non-hydrogen) atoms. The van der Waals surface area contributed by atoms with Crippen molar-refractivity contribution in [2.45, 2.75) is 38.9 Å². The van der Waals surface area contributed by atoms with Gasteiger partial charge in [-0.1, -0.05) is 38.1 Å². The molecule has 1 aliphatic heterocycles. The third-order valence-electron chi connectivity index (χ3n) is 6.09. The third kappa shape index (κ3) is 4.34. The summed E-state index contributed by atoms with van der Waals surface area (Å²) in [4.78, 5) is 31.9. The molecule has 4 heterocycles. The largest absolute Gasteiger partial charge is 0.434 e. The second-order valence-electron chi connectivity index (χ2n) is 9.05. The lowest BCUT2D eigenvalue weighted by Crippen LogP contribution is -2.26. The minimum Gasteiger partial charge on any atom is -0.333 e. The molecular formula is C26H23F3N6O. The molecule has 1 aliphatic rings. The van der Waals surface area contributed by atoms with Gasteiger partial charge in [-0.2, -0.15) is 13.2 Å². The van der Waals surface area contributed by atoms with Crippen molar-refractivity contribution in [3.63, 3.8) is 0 Å². The molecule has 0 atom stereocenters. The van der Waals surface area contributed by atoms with Gasteiger partial charge in [0, 0.05) is 42.3 Å². The summed E-state index contributed by atoms with van der Waals surface area (Å²) in [6.45, 7) is 4.38.